The lowest BCUT2D eigenvalue weighted by Gasteiger charge is -2.03. The van der Waals surface area contributed by atoms with E-state index in [1.54, 1.807) is 18.2 Å². The fourth-order valence-corrected chi connectivity index (χ4v) is 2.52. The van der Waals surface area contributed by atoms with E-state index in [4.69, 9.17) is 18.6 Å². The fourth-order valence-electron chi connectivity index (χ4n) is 2.26. The van der Waals surface area contributed by atoms with Crippen molar-refractivity contribution >= 4 is 21.9 Å². The molecule has 0 saturated heterocycles. The summed E-state index contributed by atoms with van der Waals surface area (Å²) in [6.07, 6.45) is 0. The molecular formula is C17H11BrN2O5. The van der Waals surface area contributed by atoms with Crippen molar-refractivity contribution in [3.63, 3.8) is 0 Å². The highest BCUT2D eigenvalue weighted by Crippen LogP contribution is 2.32. The molecular weight excluding hydrogens is 392 g/mol. The van der Waals surface area contributed by atoms with Gasteiger partial charge in [0.1, 0.15) is 0 Å². The third-order valence-electron chi connectivity index (χ3n) is 3.49. The van der Waals surface area contributed by atoms with Crippen LogP contribution < -0.4 is 9.47 Å². The molecule has 0 spiro atoms. The molecule has 4 rings (SSSR count). The van der Waals surface area contributed by atoms with E-state index in [1.165, 1.54) is 0 Å². The van der Waals surface area contributed by atoms with Crippen molar-refractivity contribution in [3.8, 4) is 23.0 Å². The second-order valence-electron chi connectivity index (χ2n) is 5.15. The van der Waals surface area contributed by atoms with E-state index in [0.717, 1.165) is 10.0 Å². The zero-order chi connectivity index (χ0) is 17.2. The molecule has 0 unspecified atom stereocenters. The van der Waals surface area contributed by atoms with E-state index in [9.17, 15) is 4.79 Å². The highest BCUT2D eigenvalue weighted by molar-refractivity contribution is 9.10. The summed E-state index contributed by atoms with van der Waals surface area (Å²) in [5.41, 5.74) is 1.14. The smallest absolute Gasteiger partial charge is 0.338 e. The maximum absolute atomic E-state index is 12.1. The van der Waals surface area contributed by atoms with E-state index in [2.05, 4.69) is 26.1 Å². The molecule has 8 heteroatoms. The Balaban J connectivity index is 1.41. The predicted molar refractivity (Wildman–Crippen MR) is 89.1 cm³/mol. The number of fused-ring (bicyclic) bond motifs is 1. The largest absolute Gasteiger partial charge is 0.454 e. The molecule has 25 heavy (non-hydrogen) atoms. The van der Waals surface area contributed by atoms with Gasteiger partial charge in [-0.3, -0.25) is 0 Å². The first-order valence-electron chi connectivity index (χ1n) is 7.34. The van der Waals surface area contributed by atoms with Crippen LogP contribution in [0.15, 0.2) is 51.4 Å². The number of carbonyl (C=O) groups is 1. The lowest BCUT2D eigenvalue weighted by atomic mass is 10.2. The number of ether oxygens (including phenoxy) is 3. The molecule has 1 aromatic heterocycles. The van der Waals surface area contributed by atoms with Crippen LogP contribution in [0.5, 0.6) is 11.5 Å². The van der Waals surface area contributed by atoms with E-state index in [0.29, 0.717) is 23.0 Å². The van der Waals surface area contributed by atoms with Gasteiger partial charge >= 0.3 is 5.97 Å². The molecule has 7 nitrogen and oxygen atoms in total. The van der Waals surface area contributed by atoms with Crippen molar-refractivity contribution in [3.05, 3.63) is 58.4 Å². The van der Waals surface area contributed by atoms with Crippen molar-refractivity contribution in [2.75, 3.05) is 6.79 Å². The number of nitrogens with zero attached hydrogens (tertiary/aromatic N) is 2. The number of aromatic nitrogens is 2. The molecule has 3 aromatic rings. The quantitative estimate of drug-likeness (QED) is 0.616. The van der Waals surface area contributed by atoms with E-state index < -0.39 is 5.97 Å². The average molecular weight is 403 g/mol. The van der Waals surface area contributed by atoms with E-state index in [-0.39, 0.29) is 19.3 Å². The monoisotopic (exact) mass is 402 g/mol. The first-order chi connectivity index (χ1) is 12.2. The molecule has 0 bridgehead atoms. The van der Waals surface area contributed by atoms with Gasteiger partial charge in [0.15, 0.2) is 18.1 Å². The second kappa shape index (κ2) is 6.56. The van der Waals surface area contributed by atoms with Crippen molar-refractivity contribution < 1.29 is 23.4 Å². The van der Waals surface area contributed by atoms with Crippen LogP contribution in [0.4, 0.5) is 0 Å². The number of benzene rings is 2. The van der Waals surface area contributed by atoms with Gasteiger partial charge in [0.05, 0.1) is 5.56 Å². The van der Waals surface area contributed by atoms with Gasteiger partial charge < -0.3 is 18.6 Å². The Hall–Kier alpha value is -2.87. The molecule has 0 aliphatic carbocycles. The van der Waals surface area contributed by atoms with Gasteiger partial charge in [0.2, 0.25) is 12.7 Å². The maximum Gasteiger partial charge on any atom is 0.338 e. The predicted octanol–water partition coefficient (Wildman–Crippen LogP) is 3.58. The van der Waals surface area contributed by atoms with Crippen LogP contribution in [0, 0.1) is 0 Å². The summed E-state index contributed by atoms with van der Waals surface area (Å²) >= 11 is 3.36. The minimum atomic E-state index is -0.512. The summed E-state index contributed by atoms with van der Waals surface area (Å²) in [5.74, 6) is 1.19. The zero-order valence-electron chi connectivity index (χ0n) is 12.8. The molecule has 0 N–H and O–H groups in total. The van der Waals surface area contributed by atoms with Crippen molar-refractivity contribution in [2.24, 2.45) is 0 Å². The van der Waals surface area contributed by atoms with E-state index in [1.807, 2.05) is 24.3 Å². The van der Waals surface area contributed by atoms with Gasteiger partial charge in [-0.25, -0.2) is 4.79 Å². The number of halogens is 1. The van der Waals surface area contributed by atoms with Gasteiger partial charge in [-0.1, -0.05) is 15.9 Å². The van der Waals surface area contributed by atoms with Gasteiger partial charge in [-0.15, -0.1) is 10.2 Å². The van der Waals surface area contributed by atoms with Crippen LogP contribution in [0.25, 0.3) is 11.5 Å². The number of rotatable bonds is 4. The van der Waals surface area contributed by atoms with Gasteiger partial charge in [0.25, 0.3) is 5.89 Å². The number of hydrogen-bond acceptors (Lipinski definition) is 7. The van der Waals surface area contributed by atoms with Crippen molar-refractivity contribution in [1.29, 1.82) is 0 Å². The highest BCUT2D eigenvalue weighted by Gasteiger charge is 2.18. The summed E-state index contributed by atoms with van der Waals surface area (Å²) in [4.78, 5) is 12.1. The number of esters is 1. The Bertz CT molecular complexity index is 923. The number of carbonyl (C=O) groups excluding carboxylic acids is 1. The highest BCUT2D eigenvalue weighted by atomic mass is 79.9. The first kappa shape index (κ1) is 15.6. The Morgan fingerprint density at radius 1 is 1.08 bits per heavy atom. The van der Waals surface area contributed by atoms with Gasteiger partial charge in [0, 0.05) is 10.0 Å². The molecule has 1 aliphatic rings. The lowest BCUT2D eigenvalue weighted by molar-refractivity contribution is 0.0438. The summed E-state index contributed by atoms with van der Waals surface area (Å²) in [6.45, 7) is 0.0332. The minimum absolute atomic E-state index is 0.114. The van der Waals surface area contributed by atoms with Gasteiger partial charge in [-0.2, -0.15) is 0 Å². The van der Waals surface area contributed by atoms with Crippen LogP contribution >= 0.6 is 15.9 Å². The second-order valence-corrected chi connectivity index (χ2v) is 6.07. The molecule has 0 atom stereocenters. The SMILES string of the molecule is O=C(OCc1nnc(-c2ccc(Br)cc2)o1)c1ccc2c(c1)OCO2. The maximum atomic E-state index is 12.1. The van der Waals surface area contributed by atoms with Crippen molar-refractivity contribution in [2.45, 2.75) is 6.61 Å². The molecule has 0 saturated carbocycles. The third kappa shape index (κ3) is 3.34. The molecule has 2 aromatic carbocycles. The normalized spacial score (nSPS) is 12.2. The Morgan fingerprint density at radius 3 is 2.72 bits per heavy atom. The van der Waals surface area contributed by atoms with E-state index >= 15 is 0 Å². The fraction of sp³-hybridized carbons (Fsp3) is 0.118. The third-order valence-corrected chi connectivity index (χ3v) is 4.02. The zero-order valence-corrected chi connectivity index (χ0v) is 14.4. The van der Waals surface area contributed by atoms with Crippen LogP contribution in [-0.4, -0.2) is 23.0 Å². The summed E-state index contributed by atoms with van der Waals surface area (Å²) in [7, 11) is 0. The Labute approximate surface area is 150 Å². The van der Waals surface area contributed by atoms with Crippen LogP contribution in [-0.2, 0) is 11.3 Å². The summed E-state index contributed by atoms with van der Waals surface area (Å²) in [5, 5.41) is 7.84. The minimum Gasteiger partial charge on any atom is -0.454 e. The Morgan fingerprint density at radius 2 is 1.88 bits per heavy atom. The molecule has 0 amide bonds. The molecule has 126 valence electrons. The average Bonchev–Trinajstić information content (AvgIpc) is 3.29. The van der Waals surface area contributed by atoms with Crippen LogP contribution in [0.2, 0.25) is 0 Å². The van der Waals surface area contributed by atoms with Crippen molar-refractivity contribution in [1.82, 2.24) is 10.2 Å². The van der Waals surface area contributed by atoms with Crippen LogP contribution in [0.1, 0.15) is 16.2 Å². The Kier molecular flexibility index (Phi) is 4.10. The van der Waals surface area contributed by atoms with Gasteiger partial charge in [-0.05, 0) is 42.5 Å². The lowest BCUT2D eigenvalue weighted by Crippen LogP contribution is -2.05. The first-order valence-corrected chi connectivity index (χ1v) is 8.13. The summed E-state index contributed by atoms with van der Waals surface area (Å²) in [6, 6.07) is 12.3. The number of hydrogen-bond donors (Lipinski definition) is 0. The molecule has 0 radical (unpaired) electrons. The standard InChI is InChI=1S/C17H11BrN2O5/c18-12-4-1-10(2-5-12)16-20-19-15(25-16)8-22-17(21)11-3-6-13-14(7-11)24-9-23-13/h1-7H,8-9H2. The molecule has 2 heterocycles. The summed E-state index contributed by atoms with van der Waals surface area (Å²) < 4.78 is 22.1. The molecule has 0 fully saturated rings. The molecule has 1 aliphatic heterocycles. The topological polar surface area (TPSA) is 83.7 Å². The van der Waals surface area contributed by atoms with Crippen LogP contribution in [0.3, 0.4) is 0 Å².